The van der Waals surface area contributed by atoms with Gasteiger partial charge in [-0.1, -0.05) is 60.7 Å². The van der Waals surface area contributed by atoms with Gasteiger partial charge in [-0.2, -0.15) is 0 Å². The predicted octanol–water partition coefficient (Wildman–Crippen LogP) is 6.40. The molecule has 0 amide bonds. The van der Waals surface area contributed by atoms with Crippen LogP contribution in [-0.4, -0.2) is 11.5 Å². The Balaban J connectivity index is 1.94. The van der Waals surface area contributed by atoms with Crippen molar-refractivity contribution in [2.24, 2.45) is 5.73 Å². The van der Waals surface area contributed by atoms with Crippen molar-refractivity contribution in [3.05, 3.63) is 83.4 Å². The second-order valence-electron chi connectivity index (χ2n) is 7.64. The lowest BCUT2D eigenvalue weighted by atomic mass is 9.93. The van der Waals surface area contributed by atoms with Crippen molar-refractivity contribution in [2.75, 3.05) is 6.54 Å². The SMILES string of the molecule is Cc1cc(C)c2c(CCCCN)c(-c3ccccc3-c3ccccc3)[nH]c2c1. The van der Waals surface area contributed by atoms with Crippen LogP contribution in [-0.2, 0) is 6.42 Å². The minimum atomic E-state index is 0.746. The topological polar surface area (TPSA) is 41.8 Å². The average Bonchev–Trinajstić information content (AvgIpc) is 3.07. The maximum atomic E-state index is 5.77. The lowest BCUT2D eigenvalue weighted by Crippen LogP contribution is -1.99. The molecule has 3 N–H and O–H groups in total. The van der Waals surface area contributed by atoms with Gasteiger partial charge in [0.2, 0.25) is 0 Å². The summed E-state index contributed by atoms with van der Waals surface area (Å²) in [5.41, 5.74) is 16.1. The molecule has 0 saturated heterocycles. The van der Waals surface area contributed by atoms with Gasteiger partial charge in [0.15, 0.2) is 0 Å². The number of aromatic amines is 1. The van der Waals surface area contributed by atoms with Crippen LogP contribution in [0.4, 0.5) is 0 Å². The summed E-state index contributed by atoms with van der Waals surface area (Å²) in [6, 6.07) is 23.9. The summed E-state index contributed by atoms with van der Waals surface area (Å²) in [6.07, 6.45) is 3.20. The van der Waals surface area contributed by atoms with Gasteiger partial charge in [-0.05, 0) is 73.5 Å². The number of benzene rings is 3. The summed E-state index contributed by atoms with van der Waals surface area (Å²) >= 11 is 0. The number of aromatic nitrogens is 1. The molecule has 0 fully saturated rings. The van der Waals surface area contributed by atoms with E-state index in [0.717, 1.165) is 25.8 Å². The highest BCUT2D eigenvalue weighted by Gasteiger charge is 2.17. The van der Waals surface area contributed by atoms with E-state index in [2.05, 4.69) is 85.6 Å². The molecule has 0 aliphatic heterocycles. The van der Waals surface area contributed by atoms with E-state index >= 15 is 0 Å². The van der Waals surface area contributed by atoms with Gasteiger partial charge in [-0.3, -0.25) is 0 Å². The largest absolute Gasteiger partial charge is 0.354 e. The van der Waals surface area contributed by atoms with E-state index in [1.807, 2.05) is 0 Å². The van der Waals surface area contributed by atoms with Crippen molar-refractivity contribution in [2.45, 2.75) is 33.1 Å². The van der Waals surface area contributed by atoms with Gasteiger partial charge in [0, 0.05) is 16.5 Å². The van der Waals surface area contributed by atoms with Gasteiger partial charge >= 0.3 is 0 Å². The molecule has 28 heavy (non-hydrogen) atoms. The maximum absolute atomic E-state index is 5.77. The first kappa shape index (κ1) is 18.5. The lowest BCUT2D eigenvalue weighted by molar-refractivity contribution is 0.748. The molecule has 0 atom stereocenters. The van der Waals surface area contributed by atoms with Crippen LogP contribution in [0.5, 0.6) is 0 Å². The third-order valence-corrected chi connectivity index (χ3v) is 5.51. The molecule has 0 bridgehead atoms. The number of fused-ring (bicyclic) bond motifs is 1. The zero-order valence-corrected chi connectivity index (χ0v) is 16.8. The van der Waals surface area contributed by atoms with E-state index in [1.54, 1.807) is 0 Å². The normalized spacial score (nSPS) is 11.2. The fourth-order valence-corrected chi connectivity index (χ4v) is 4.30. The first-order valence-corrected chi connectivity index (χ1v) is 10.2. The molecule has 2 nitrogen and oxygen atoms in total. The third-order valence-electron chi connectivity index (χ3n) is 5.51. The molecule has 3 aromatic carbocycles. The van der Waals surface area contributed by atoms with Gasteiger partial charge in [0.25, 0.3) is 0 Å². The number of unbranched alkanes of at least 4 members (excludes halogenated alkanes) is 1. The Bertz CT molecular complexity index is 1090. The van der Waals surface area contributed by atoms with Gasteiger partial charge in [0.1, 0.15) is 0 Å². The quantitative estimate of drug-likeness (QED) is 0.380. The molecule has 2 heteroatoms. The summed E-state index contributed by atoms with van der Waals surface area (Å²) in [5.74, 6) is 0. The van der Waals surface area contributed by atoms with E-state index in [9.17, 15) is 0 Å². The smallest absolute Gasteiger partial charge is 0.0503 e. The molecule has 4 aromatic rings. The van der Waals surface area contributed by atoms with E-state index in [4.69, 9.17) is 5.73 Å². The average molecular weight is 369 g/mol. The molecule has 1 aromatic heterocycles. The van der Waals surface area contributed by atoms with Crippen LogP contribution >= 0.6 is 0 Å². The second-order valence-corrected chi connectivity index (χ2v) is 7.64. The monoisotopic (exact) mass is 368 g/mol. The van der Waals surface area contributed by atoms with E-state index in [-0.39, 0.29) is 0 Å². The molecular formula is C26H28N2. The highest BCUT2D eigenvalue weighted by atomic mass is 14.7. The molecule has 0 unspecified atom stereocenters. The molecule has 0 saturated carbocycles. The summed E-state index contributed by atoms with van der Waals surface area (Å²) in [4.78, 5) is 3.77. The Morgan fingerprint density at radius 1 is 0.821 bits per heavy atom. The highest BCUT2D eigenvalue weighted by Crippen LogP contribution is 2.38. The van der Waals surface area contributed by atoms with Crippen molar-refractivity contribution in [1.29, 1.82) is 0 Å². The third kappa shape index (κ3) is 3.48. The number of hydrogen-bond acceptors (Lipinski definition) is 1. The molecule has 0 aliphatic carbocycles. The van der Waals surface area contributed by atoms with E-state index in [1.165, 1.54) is 50.0 Å². The highest BCUT2D eigenvalue weighted by molar-refractivity contribution is 5.96. The minimum absolute atomic E-state index is 0.746. The van der Waals surface area contributed by atoms with Gasteiger partial charge in [0.05, 0.1) is 5.69 Å². The Labute approximate surface area is 167 Å². The molecule has 4 rings (SSSR count). The Hall–Kier alpha value is -2.84. The van der Waals surface area contributed by atoms with Crippen molar-refractivity contribution >= 4 is 10.9 Å². The van der Waals surface area contributed by atoms with Crippen LogP contribution in [0.25, 0.3) is 33.3 Å². The number of H-pyrrole nitrogens is 1. The number of hydrogen-bond donors (Lipinski definition) is 2. The first-order valence-electron chi connectivity index (χ1n) is 10.2. The van der Waals surface area contributed by atoms with E-state index in [0.29, 0.717) is 0 Å². The van der Waals surface area contributed by atoms with E-state index < -0.39 is 0 Å². The minimum Gasteiger partial charge on any atom is -0.354 e. The number of nitrogens with one attached hydrogen (secondary N) is 1. The molecule has 0 radical (unpaired) electrons. The van der Waals surface area contributed by atoms with Crippen molar-refractivity contribution in [3.63, 3.8) is 0 Å². The summed E-state index contributed by atoms with van der Waals surface area (Å²) in [5, 5.41) is 1.38. The molecule has 0 spiro atoms. The molecule has 142 valence electrons. The van der Waals surface area contributed by atoms with Crippen LogP contribution in [0.3, 0.4) is 0 Å². The van der Waals surface area contributed by atoms with Crippen molar-refractivity contribution in [1.82, 2.24) is 4.98 Å². The summed E-state index contributed by atoms with van der Waals surface area (Å²) < 4.78 is 0. The zero-order chi connectivity index (χ0) is 19.5. The zero-order valence-electron chi connectivity index (χ0n) is 16.8. The van der Waals surface area contributed by atoms with Crippen LogP contribution < -0.4 is 5.73 Å². The van der Waals surface area contributed by atoms with Gasteiger partial charge in [-0.15, -0.1) is 0 Å². The number of rotatable bonds is 6. The fraction of sp³-hybridized carbons (Fsp3) is 0.231. The standard InChI is InChI=1S/C26H28N2/c1-18-16-19(2)25-23(14-8-9-15-27)26(28-24(25)17-18)22-13-7-6-12-21(22)20-10-4-3-5-11-20/h3-7,10-13,16-17,28H,8-9,14-15,27H2,1-2H3. The Morgan fingerprint density at radius 2 is 1.54 bits per heavy atom. The lowest BCUT2D eigenvalue weighted by Gasteiger charge is -2.12. The van der Waals surface area contributed by atoms with Crippen LogP contribution in [0.15, 0.2) is 66.7 Å². The predicted molar refractivity (Wildman–Crippen MR) is 121 cm³/mol. The van der Waals surface area contributed by atoms with Crippen molar-refractivity contribution in [3.8, 4) is 22.4 Å². The summed E-state index contributed by atoms with van der Waals surface area (Å²) in [7, 11) is 0. The second kappa shape index (κ2) is 8.04. The fourth-order valence-electron chi connectivity index (χ4n) is 4.30. The molecular weight excluding hydrogens is 340 g/mol. The van der Waals surface area contributed by atoms with Crippen LogP contribution in [0.2, 0.25) is 0 Å². The molecule has 0 aliphatic rings. The Kier molecular flexibility index (Phi) is 5.31. The maximum Gasteiger partial charge on any atom is 0.0503 e. The van der Waals surface area contributed by atoms with Gasteiger partial charge < -0.3 is 10.7 Å². The summed E-state index contributed by atoms with van der Waals surface area (Å²) in [6.45, 7) is 5.14. The molecule has 1 heterocycles. The van der Waals surface area contributed by atoms with Crippen LogP contribution in [0, 0.1) is 13.8 Å². The Morgan fingerprint density at radius 3 is 2.29 bits per heavy atom. The van der Waals surface area contributed by atoms with Gasteiger partial charge in [-0.25, -0.2) is 0 Å². The van der Waals surface area contributed by atoms with Crippen molar-refractivity contribution < 1.29 is 0 Å². The van der Waals surface area contributed by atoms with Crippen LogP contribution in [0.1, 0.15) is 29.5 Å². The number of nitrogens with two attached hydrogens (primary N) is 1. The number of aryl methyl sites for hydroxylation is 3. The first-order chi connectivity index (χ1) is 13.7.